The summed E-state index contributed by atoms with van der Waals surface area (Å²) >= 11 is 0. The standard InChI is InChI=1S/C97H111N9O25Si/c1-97(2,3)132(70-45-27-11-28-46-70,71-47-29-12-30-48-71)125-62-76-85(130-89-78(104-95(116)123-60-68-41-23-9-24-42-68)82(110)80(108)74(126-89)54-99-91(112)119-56-64-33-15-5-16-34-64)87(118-52-51-106(50-49-63-31-13-4-14-32-63)96(117)124-61-69-43-25-10-26-44-69)90(128-76)131-86-79(107)72(101-92(113)120-57-65-35-17-6-18-36-65)53-73(102-93(114)121-58-66-37-19-7-20-38-66)84(86)129-88-77(83(111)81(109)75(127-88)55-100-105-98)103-94(115)122-59-67-39-21-8-22-40-67/h4-48,72-90,107-111H,49-62H2,1-3H3,(H,99,112)(H,101,113)(H,102,114)(H,103,115)(H,104,116)/t72-,73+,74+,75-,76-,77-,78-,79+,80-,81-,82-,83-,84-,85-,86-,87-,88-,89-,90+/m1/s1. The molecule has 698 valence electrons. The largest absolute Gasteiger partial charge is 0.445 e. The van der Waals surface area contributed by atoms with Crippen molar-refractivity contribution in [3.8, 4) is 0 Å². The quantitative estimate of drug-likeness (QED) is 0.00565. The molecular weight excluding hydrogens is 1720 g/mol. The molecule has 6 amide bonds. The van der Waals surface area contributed by atoms with Crippen molar-refractivity contribution in [2.75, 3.05) is 39.4 Å². The van der Waals surface area contributed by atoms with Gasteiger partial charge in [-0.05, 0) is 72.7 Å². The lowest BCUT2D eigenvalue weighted by Gasteiger charge is -2.49. The highest BCUT2D eigenvalue weighted by Gasteiger charge is 2.59. The molecule has 0 spiro atoms. The minimum atomic E-state index is -3.77. The van der Waals surface area contributed by atoms with E-state index in [0.717, 1.165) is 15.9 Å². The van der Waals surface area contributed by atoms with Crippen LogP contribution in [-0.4, -0.2) is 231 Å². The zero-order chi connectivity index (χ0) is 92.8. The first-order chi connectivity index (χ1) is 64.1. The van der Waals surface area contributed by atoms with Crippen molar-refractivity contribution >= 4 is 55.3 Å². The van der Waals surface area contributed by atoms with E-state index in [9.17, 15) is 59.8 Å². The van der Waals surface area contributed by atoms with Gasteiger partial charge in [-0.1, -0.05) is 299 Å². The number of aliphatic hydroxyl groups excluding tert-OH is 5. The van der Waals surface area contributed by atoms with Gasteiger partial charge in [-0.3, -0.25) is 0 Å². The average Bonchev–Trinajstić information content (AvgIpc) is 1.48. The van der Waals surface area contributed by atoms with Crippen LogP contribution < -0.4 is 37.0 Å². The topological polar surface area (TPSA) is 445 Å². The second-order valence-corrected chi connectivity index (χ2v) is 37.4. The maximum atomic E-state index is 14.9. The van der Waals surface area contributed by atoms with Gasteiger partial charge in [-0.2, -0.15) is 0 Å². The predicted molar refractivity (Wildman–Crippen MR) is 480 cm³/mol. The molecule has 4 fully saturated rings. The lowest BCUT2D eigenvalue weighted by atomic mass is 9.83. The second kappa shape index (κ2) is 48.1. The van der Waals surface area contributed by atoms with Gasteiger partial charge in [0.25, 0.3) is 8.32 Å². The smallest absolute Gasteiger partial charge is 0.410 e. The van der Waals surface area contributed by atoms with Crippen molar-refractivity contribution in [3.05, 3.63) is 322 Å². The number of hydrogen-bond donors (Lipinski definition) is 10. The molecule has 1 saturated carbocycles. The van der Waals surface area contributed by atoms with E-state index in [2.05, 4.69) is 36.6 Å². The van der Waals surface area contributed by atoms with E-state index in [1.54, 1.807) is 176 Å². The number of ether oxygens (including phenoxy) is 13. The molecule has 9 aromatic carbocycles. The van der Waals surface area contributed by atoms with Crippen LogP contribution in [0.15, 0.2) is 278 Å². The molecule has 3 heterocycles. The summed E-state index contributed by atoms with van der Waals surface area (Å²) in [5.41, 5.74) is 14.2. The summed E-state index contributed by atoms with van der Waals surface area (Å²) in [4.78, 5) is 91.2. The van der Waals surface area contributed by atoms with Gasteiger partial charge in [0.15, 0.2) is 18.9 Å². The molecule has 34 nitrogen and oxygen atoms in total. The first-order valence-corrected chi connectivity index (χ1v) is 45.5. The van der Waals surface area contributed by atoms with Crippen molar-refractivity contribution < 1.29 is 120 Å². The van der Waals surface area contributed by atoms with Crippen molar-refractivity contribution in [1.82, 2.24) is 31.5 Å². The van der Waals surface area contributed by atoms with Crippen LogP contribution in [0.2, 0.25) is 5.04 Å². The summed E-state index contributed by atoms with van der Waals surface area (Å²) in [5.74, 6) is 0. The highest BCUT2D eigenvalue weighted by Crippen LogP contribution is 2.41. The number of hydrogen-bond acceptors (Lipinski definition) is 26. The molecular formula is C97H111N9O25Si. The van der Waals surface area contributed by atoms with Crippen molar-refractivity contribution in [1.29, 1.82) is 0 Å². The van der Waals surface area contributed by atoms with Gasteiger partial charge in [0.2, 0.25) is 0 Å². The molecule has 132 heavy (non-hydrogen) atoms. The Balaban J connectivity index is 0.962. The molecule has 3 aliphatic heterocycles. The number of nitrogens with one attached hydrogen (secondary N) is 5. The van der Waals surface area contributed by atoms with Gasteiger partial charge in [0, 0.05) is 24.5 Å². The molecule has 3 saturated heterocycles. The van der Waals surface area contributed by atoms with Gasteiger partial charge in [-0.25, -0.2) is 28.8 Å². The number of aliphatic hydroxyl groups is 5. The van der Waals surface area contributed by atoms with Crippen LogP contribution in [0.3, 0.4) is 0 Å². The molecule has 0 aromatic heterocycles. The molecule has 13 rings (SSSR count). The molecule has 35 heteroatoms. The molecule has 4 aliphatic rings. The maximum absolute atomic E-state index is 14.9. The van der Waals surface area contributed by atoms with Crippen molar-refractivity contribution in [3.63, 3.8) is 0 Å². The monoisotopic (exact) mass is 1830 g/mol. The number of benzene rings is 9. The van der Waals surface area contributed by atoms with Gasteiger partial charge in [-0.15, -0.1) is 0 Å². The summed E-state index contributed by atoms with van der Waals surface area (Å²) in [5, 5.41) is 81.1. The summed E-state index contributed by atoms with van der Waals surface area (Å²) in [6.45, 7) is 2.26. The van der Waals surface area contributed by atoms with E-state index in [0.29, 0.717) is 39.8 Å². The second-order valence-electron chi connectivity index (χ2n) is 33.1. The Labute approximate surface area is 764 Å². The molecule has 9 aromatic rings. The Morgan fingerprint density at radius 1 is 0.409 bits per heavy atom. The fourth-order valence-electron chi connectivity index (χ4n) is 16.3. The van der Waals surface area contributed by atoms with Crippen LogP contribution in [0.25, 0.3) is 10.4 Å². The molecule has 0 radical (unpaired) electrons. The molecule has 19 atom stereocenters. The highest BCUT2D eigenvalue weighted by atomic mass is 28.4. The number of nitrogens with zero attached hydrogens (tertiary/aromatic N) is 4. The number of carbonyl (C=O) groups is 6. The first-order valence-electron chi connectivity index (χ1n) is 43.6. The molecule has 0 bridgehead atoms. The van der Waals surface area contributed by atoms with E-state index in [-0.39, 0.29) is 52.7 Å². The third-order valence-corrected chi connectivity index (χ3v) is 28.1. The zero-order valence-electron chi connectivity index (χ0n) is 73.0. The minimum Gasteiger partial charge on any atom is -0.445 e. The number of carbonyl (C=O) groups excluding carboxylic acids is 6. The highest BCUT2D eigenvalue weighted by molar-refractivity contribution is 6.99. The van der Waals surface area contributed by atoms with Crippen LogP contribution in [0, 0.1) is 0 Å². The van der Waals surface area contributed by atoms with Crippen LogP contribution >= 0.6 is 0 Å². The number of amides is 6. The lowest BCUT2D eigenvalue weighted by molar-refractivity contribution is -0.312. The maximum Gasteiger partial charge on any atom is 0.410 e. The van der Waals surface area contributed by atoms with E-state index in [4.69, 9.17) is 66.0 Å². The van der Waals surface area contributed by atoms with Gasteiger partial charge < -0.3 is 123 Å². The third kappa shape index (κ3) is 26.7. The van der Waals surface area contributed by atoms with Crippen LogP contribution in [0.4, 0.5) is 28.8 Å². The van der Waals surface area contributed by atoms with Crippen LogP contribution in [0.5, 0.6) is 0 Å². The summed E-state index contributed by atoms with van der Waals surface area (Å²) in [6.07, 6.45) is -34.7. The normalized spacial score (nSPS) is 24.6. The SMILES string of the molecule is CC(C)(C)[Si](OC[C@H]1O[C@@H](O[C@@H]2[C@@H](O)[C@H](NC(=O)OCc3ccccc3)C[C@H](NC(=O)OCc3ccccc3)[C@H]2O[C@H]2O[C@H](CN=[N+]=[N-])[C@@H](O)[C@H](O)[C@H]2NC(=O)OCc2ccccc2)[C@H](OCCN(CCc2ccccc2)C(=O)OCc2ccccc2)[C@@H]1O[C@H]1O[C@@H](CNC(=O)OCc2ccccc2)[C@@H](O)[C@H](O)[C@H]1NC(=O)OCc1ccccc1)(c1ccccc1)c1ccccc1. The van der Waals surface area contributed by atoms with Gasteiger partial charge in [0.1, 0.15) is 119 Å². The summed E-state index contributed by atoms with van der Waals surface area (Å²) in [7, 11) is -3.77. The molecule has 1 aliphatic carbocycles. The Bertz CT molecular complexity index is 5080. The van der Waals surface area contributed by atoms with Crippen molar-refractivity contribution in [2.45, 2.75) is 195 Å². The van der Waals surface area contributed by atoms with E-state index < -0.39 is 199 Å². The number of rotatable bonds is 38. The summed E-state index contributed by atoms with van der Waals surface area (Å²) < 4.78 is 92.4. The Morgan fingerprint density at radius 2 is 0.773 bits per heavy atom. The number of alkyl carbamates (subject to hydrolysis) is 5. The third-order valence-electron chi connectivity index (χ3n) is 23.1. The minimum absolute atomic E-state index is 0.0486. The fourth-order valence-corrected chi connectivity index (χ4v) is 20.8. The average molecular weight is 1830 g/mol. The fraction of sp³-hybridized carbons (Fsp3) is 0.381. The Kier molecular flexibility index (Phi) is 35.4. The van der Waals surface area contributed by atoms with Crippen LogP contribution in [0.1, 0.15) is 66.1 Å². The van der Waals surface area contributed by atoms with Crippen molar-refractivity contribution in [2.24, 2.45) is 5.11 Å². The summed E-state index contributed by atoms with van der Waals surface area (Å²) in [6, 6.07) is 74.1. The Hall–Kier alpha value is -12.4. The Morgan fingerprint density at radius 3 is 1.20 bits per heavy atom. The molecule has 0 unspecified atom stereocenters. The van der Waals surface area contributed by atoms with Crippen LogP contribution in [-0.2, 0) is 112 Å². The van der Waals surface area contributed by atoms with E-state index >= 15 is 0 Å². The first kappa shape index (κ1) is 97.1. The number of azide groups is 1. The lowest BCUT2D eigenvalue weighted by Crippen LogP contribution is -2.70. The van der Waals surface area contributed by atoms with E-state index in [1.165, 1.54) is 4.90 Å². The van der Waals surface area contributed by atoms with Gasteiger partial charge >= 0.3 is 36.6 Å². The zero-order valence-corrected chi connectivity index (χ0v) is 74.0. The predicted octanol–water partition coefficient (Wildman–Crippen LogP) is 9.78. The van der Waals surface area contributed by atoms with E-state index in [1.807, 2.05) is 118 Å². The molecule has 10 N–H and O–H groups in total. The van der Waals surface area contributed by atoms with Gasteiger partial charge in [0.05, 0.1) is 37.9 Å².